The van der Waals surface area contributed by atoms with Crippen LogP contribution in [0.5, 0.6) is 5.75 Å². The van der Waals surface area contributed by atoms with Gasteiger partial charge >= 0.3 is 0 Å². The average Bonchev–Trinajstić information content (AvgIpc) is 3.14. The van der Waals surface area contributed by atoms with Crippen LogP contribution in [0.15, 0.2) is 41.0 Å². The molecule has 2 aliphatic rings. The molecule has 0 saturated heterocycles. The maximum absolute atomic E-state index is 13.0. The lowest BCUT2D eigenvalue weighted by molar-refractivity contribution is -0.143. The van der Waals surface area contributed by atoms with Crippen molar-refractivity contribution in [3.8, 4) is 11.8 Å². The van der Waals surface area contributed by atoms with Gasteiger partial charge in [0.05, 0.1) is 7.11 Å². The van der Waals surface area contributed by atoms with Crippen molar-refractivity contribution in [2.45, 2.75) is 38.6 Å². The Labute approximate surface area is 147 Å². The van der Waals surface area contributed by atoms with Crippen LogP contribution in [0.1, 0.15) is 38.2 Å². The highest BCUT2D eigenvalue weighted by Gasteiger charge is 2.40. The maximum atomic E-state index is 13.0. The lowest BCUT2D eigenvalue weighted by Crippen LogP contribution is -2.47. The number of ether oxygens (including phenoxy) is 1. The van der Waals surface area contributed by atoms with Gasteiger partial charge in [0.15, 0.2) is 0 Å². The van der Waals surface area contributed by atoms with E-state index in [2.05, 4.69) is 0 Å². The molecule has 0 radical (unpaired) electrons. The highest BCUT2D eigenvalue weighted by molar-refractivity contribution is 6.19. The summed E-state index contributed by atoms with van der Waals surface area (Å²) in [5.74, 6) is -0.0298. The van der Waals surface area contributed by atoms with E-state index in [1.54, 1.807) is 20.1 Å². The number of methoxy groups -OCH3 is 1. The van der Waals surface area contributed by atoms with Crippen molar-refractivity contribution in [2.75, 3.05) is 7.11 Å². The van der Waals surface area contributed by atoms with E-state index in [1.165, 1.54) is 4.90 Å². The molecule has 0 aromatic heterocycles. The van der Waals surface area contributed by atoms with Crippen LogP contribution in [0, 0.1) is 11.3 Å². The topological polar surface area (TPSA) is 70.4 Å². The van der Waals surface area contributed by atoms with Gasteiger partial charge in [-0.05, 0) is 49.1 Å². The zero-order valence-electron chi connectivity index (χ0n) is 14.4. The van der Waals surface area contributed by atoms with Gasteiger partial charge in [0.2, 0.25) is 0 Å². The first kappa shape index (κ1) is 17.0. The molecular formula is C20H20N2O3. The molecule has 0 N–H and O–H groups in total. The average molecular weight is 336 g/mol. The lowest BCUT2D eigenvalue weighted by Gasteiger charge is -2.32. The van der Waals surface area contributed by atoms with E-state index >= 15 is 0 Å². The van der Waals surface area contributed by atoms with Crippen LogP contribution < -0.4 is 4.74 Å². The van der Waals surface area contributed by atoms with E-state index in [0.29, 0.717) is 11.1 Å². The SMILES string of the molecule is COc1ccc(/C=C2/C(=O)N(C3CCCC3)C(=O)C(C#N)=C2C)cc1. The number of nitrogens with zero attached hydrogens (tertiary/aromatic N) is 2. The van der Waals surface area contributed by atoms with Crippen LogP contribution >= 0.6 is 0 Å². The fourth-order valence-corrected chi connectivity index (χ4v) is 3.46. The van der Waals surface area contributed by atoms with E-state index in [0.717, 1.165) is 37.0 Å². The molecule has 1 aliphatic carbocycles. The molecule has 1 aromatic rings. The first-order valence-electron chi connectivity index (χ1n) is 8.41. The summed E-state index contributed by atoms with van der Waals surface area (Å²) in [7, 11) is 1.59. The molecule has 5 nitrogen and oxygen atoms in total. The third-order valence-electron chi connectivity index (χ3n) is 4.89. The van der Waals surface area contributed by atoms with Crippen molar-refractivity contribution < 1.29 is 14.3 Å². The smallest absolute Gasteiger partial charge is 0.271 e. The molecule has 0 unspecified atom stereocenters. The number of nitriles is 1. The Bertz CT molecular complexity index is 806. The summed E-state index contributed by atoms with van der Waals surface area (Å²) in [5, 5.41) is 9.42. The van der Waals surface area contributed by atoms with Crippen molar-refractivity contribution >= 4 is 17.9 Å². The predicted molar refractivity (Wildman–Crippen MR) is 93.4 cm³/mol. The van der Waals surface area contributed by atoms with Gasteiger partial charge in [0.1, 0.15) is 17.4 Å². The molecule has 2 amide bonds. The van der Waals surface area contributed by atoms with Gasteiger partial charge in [0.25, 0.3) is 11.8 Å². The molecule has 1 aromatic carbocycles. The molecule has 0 bridgehead atoms. The molecule has 128 valence electrons. The predicted octanol–water partition coefficient (Wildman–Crippen LogP) is 3.23. The van der Waals surface area contributed by atoms with Crippen LogP contribution in [0.2, 0.25) is 0 Å². The summed E-state index contributed by atoms with van der Waals surface area (Å²) in [5.41, 5.74) is 1.74. The normalized spacial score (nSPS) is 20.4. The number of carbonyl (C=O) groups excluding carboxylic acids is 2. The summed E-state index contributed by atoms with van der Waals surface area (Å²) in [6, 6.07) is 9.19. The van der Waals surface area contributed by atoms with Crippen LogP contribution in [0.4, 0.5) is 0 Å². The van der Waals surface area contributed by atoms with E-state index in [-0.39, 0.29) is 17.5 Å². The molecule has 1 fully saturated rings. The van der Waals surface area contributed by atoms with Gasteiger partial charge in [-0.1, -0.05) is 25.0 Å². The van der Waals surface area contributed by atoms with Crippen LogP contribution in [-0.4, -0.2) is 29.9 Å². The molecule has 1 aliphatic heterocycles. The summed E-state index contributed by atoms with van der Waals surface area (Å²) in [6.45, 7) is 1.66. The molecule has 1 heterocycles. The van der Waals surface area contributed by atoms with Gasteiger partial charge in [-0.25, -0.2) is 0 Å². The van der Waals surface area contributed by atoms with Gasteiger partial charge in [-0.2, -0.15) is 5.26 Å². The van der Waals surface area contributed by atoms with Crippen molar-refractivity contribution in [1.29, 1.82) is 5.26 Å². The molecule has 0 atom stereocenters. The fraction of sp³-hybridized carbons (Fsp3) is 0.350. The minimum absolute atomic E-state index is 0.0614. The van der Waals surface area contributed by atoms with E-state index in [1.807, 2.05) is 30.3 Å². The van der Waals surface area contributed by atoms with E-state index in [4.69, 9.17) is 4.74 Å². The second-order valence-electron chi connectivity index (χ2n) is 6.36. The zero-order valence-corrected chi connectivity index (χ0v) is 14.4. The highest BCUT2D eigenvalue weighted by atomic mass is 16.5. The standard InChI is InChI=1S/C20H20N2O3/c1-13-17(11-14-7-9-16(25-2)10-8-14)19(23)22(15-5-3-4-6-15)20(24)18(13)12-21/h7-11,15H,3-6H2,1-2H3/b17-11+. The fourth-order valence-electron chi connectivity index (χ4n) is 3.46. The van der Waals surface area contributed by atoms with Crippen molar-refractivity contribution in [3.05, 3.63) is 46.5 Å². The summed E-state index contributed by atoms with van der Waals surface area (Å²) >= 11 is 0. The Kier molecular flexibility index (Phi) is 4.71. The third-order valence-corrected chi connectivity index (χ3v) is 4.89. The Morgan fingerprint density at radius 2 is 1.80 bits per heavy atom. The third kappa shape index (κ3) is 3.08. The monoisotopic (exact) mass is 336 g/mol. The van der Waals surface area contributed by atoms with Crippen LogP contribution in [0.25, 0.3) is 6.08 Å². The quantitative estimate of drug-likeness (QED) is 0.627. The zero-order chi connectivity index (χ0) is 18.0. The van der Waals surface area contributed by atoms with E-state index in [9.17, 15) is 14.9 Å². The molecule has 5 heteroatoms. The number of amides is 2. The summed E-state index contributed by atoms with van der Waals surface area (Å²) in [6.07, 6.45) is 5.37. The number of hydrogen-bond donors (Lipinski definition) is 0. The number of carbonyl (C=O) groups is 2. The second-order valence-corrected chi connectivity index (χ2v) is 6.36. The van der Waals surface area contributed by atoms with Crippen molar-refractivity contribution in [2.24, 2.45) is 0 Å². The number of hydrogen-bond acceptors (Lipinski definition) is 4. The second kappa shape index (κ2) is 6.94. The van der Waals surface area contributed by atoms with Crippen molar-refractivity contribution in [3.63, 3.8) is 0 Å². The minimum atomic E-state index is -0.455. The number of benzene rings is 1. The largest absolute Gasteiger partial charge is 0.497 e. The Morgan fingerprint density at radius 3 is 2.36 bits per heavy atom. The Balaban J connectivity index is 2.05. The van der Waals surface area contributed by atoms with Crippen molar-refractivity contribution in [1.82, 2.24) is 4.90 Å². The maximum Gasteiger partial charge on any atom is 0.271 e. The molecule has 1 saturated carbocycles. The van der Waals surface area contributed by atoms with Gasteiger partial charge in [0, 0.05) is 11.6 Å². The molecule has 3 rings (SSSR count). The number of imide groups is 1. The van der Waals surface area contributed by atoms with Gasteiger partial charge in [-0.15, -0.1) is 0 Å². The lowest BCUT2D eigenvalue weighted by atomic mass is 9.92. The van der Waals surface area contributed by atoms with Crippen LogP contribution in [-0.2, 0) is 9.59 Å². The Hall–Kier alpha value is -2.87. The molecule has 25 heavy (non-hydrogen) atoms. The first-order chi connectivity index (χ1) is 12.1. The molecular weight excluding hydrogens is 316 g/mol. The van der Waals surface area contributed by atoms with Gasteiger partial charge in [-0.3, -0.25) is 14.5 Å². The summed E-state index contributed by atoms with van der Waals surface area (Å²) < 4.78 is 5.14. The van der Waals surface area contributed by atoms with Crippen LogP contribution in [0.3, 0.4) is 0 Å². The molecule has 0 spiro atoms. The highest BCUT2D eigenvalue weighted by Crippen LogP contribution is 2.33. The first-order valence-corrected chi connectivity index (χ1v) is 8.41. The van der Waals surface area contributed by atoms with E-state index < -0.39 is 5.91 Å². The number of rotatable bonds is 3. The minimum Gasteiger partial charge on any atom is -0.497 e. The Morgan fingerprint density at radius 1 is 1.16 bits per heavy atom. The van der Waals surface area contributed by atoms with Gasteiger partial charge < -0.3 is 4.74 Å². The summed E-state index contributed by atoms with van der Waals surface area (Å²) in [4.78, 5) is 26.9.